The van der Waals surface area contributed by atoms with Crippen LogP contribution in [0.3, 0.4) is 0 Å². The maximum atomic E-state index is 13.4. The summed E-state index contributed by atoms with van der Waals surface area (Å²) in [5.41, 5.74) is 1.33. The number of carbonyl (C=O) groups is 1. The van der Waals surface area contributed by atoms with Crippen LogP contribution in [0.5, 0.6) is 0 Å². The van der Waals surface area contributed by atoms with Crippen LogP contribution in [0.4, 0.5) is 17.6 Å². The first-order chi connectivity index (χ1) is 17.7. The Balaban J connectivity index is 1.66. The third-order valence-corrected chi connectivity index (χ3v) is 6.20. The summed E-state index contributed by atoms with van der Waals surface area (Å²) >= 11 is 0. The van der Waals surface area contributed by atoms with Gasteiger partial charge in [0.1, 0.15) is 5.82 Å². The Bertz CT molecular complexity index is 1370. The van der Waals surface area contributed by atoms with E-state index < -0.39 is 35.6 Å². The molecule has 0 aromatic heterocycles. The Kier molecular flexibility index (Phi) is 7.90. The molecule has 4 aromatic rings. The normalized spacial score (nSPS) is 13.4. The van der Waals surface area contributed by atoms with Crippen LogP contribution in [0.15, 0.2) is 84.9 Å². The summed E-state index contributed by atoms with van der Waals surface area (Å²) in [6, 6.07) is 19.6. The third-order valence-electron chi connectivity index (χ3n) is 6.20. The smallest absolute Gasteiger partial charge is 0.386 e. The van der Waals surface area contributed by atoms with Gasteiger partial charge in [0.25, 0.3) is 5.91 Å². The van der Waals surface area contributed by atoms with Crippen molar-refractivity contribution in [3.05, 3.63) is 119 Å². The summed E-state index contributed by atoms with van der Waals surface area (Å²) in [6.45, 7) is 0.363. The van der Waals surface area contributed by atoms with E-state index >= 15 is 0 Å². The van der Waals surface area contributed by atoms with Gasteiger partial charge in [0.15, 0.2) is 0 Å². The van der Waals surface area contributed by atoms with E-state index in [1.807, 2.05) is 24.3 Å². The fraction of sp³-hybridized carbons (Fsp3) is 0.207. The van der Waals surface area contributed by atoms with E-state index in [2.05, 4.69) is 5.32 Å². The van der Waals surface area contributed by atoms with Crippen molar-refractivity contribution >= 4 is 16.7 Å². The number of benzene rings is 4. The minimum Gasteiger partial charge on any atom is -0.386 e. The molecule has 0 spiro atoms. The summed E-state index contributed by atoms with van der Waals surface area (Å²) < 4.78 is 57.7. The molecule has 37 heavy (non-hydrogen) atoms. The van der Waals surface area contributed by atoms with Crippen molar-refractivity contribution in [2.24, 2.45) is 0 Å². The number of ether oxygens (including phenoxy) is 1. The van der Waals surface area contributed by atoms with Gasteiger partial charge in [-0.1, -0.05) is 54.6 Å². The van der Waals surface area contributed by atoms with Crippen LogP contribution in [-0.4, -0.2) is 24.2 Å². The number of aliphatic hydroxyl groups excluding tert-OH is 1. The van der Waals surface area contributed by atoms with Crippen LogP contribution in [0.2, 0.25) is 0 Å². The topological polar surface area (TPSA) is 58.6 Å². The van der Waals surface area contributed by atoms with Crippen LogP contribution in [0, 0.1) is 5.82 Å². The lowest BCUT2D eigenvalue weighted by Gasteiger charge is -2.25. The van der Waals surface area contributed by atoms with Gasteiger partial charge in [0.05, 0.1) is 24.3 Å². The average molecular weight is 512 g/mol. The number of halogens is 4. The zero-order valence-electron chi connectivity index (χ0n) is 19.9. The Morgan fingerprint density at radius 3 is 2.19 bits per heavy atom. The predicted octanol–water partition coefficient (Wildman–Crippen LogP) is 6.22. The van der Waals surface area contributed by atoms with E-state index in [0.717, 1.165) is 23.1 Å². The Morgan fingerprint density at radius 2 is 1.57 bits per heavy atom. The summed E-state index contributed by atoms with van der Waals surface area (Å²) in [7, 11) is 1.58. The van der Waals surface area contributed by atoms with Crippen molar-refractivity contribution in [1.82, 2.24) is 5.32 Å². The third kappa shape index (κ3) is 6.15. The summed E-state index contributed by atoms with van der Waals surface area (Å²) in [5.74, 6) is -0.944. The van der Waals surface area contributed by atoms with E-state index in [9.17, 15) is 27.5 Å². The van der Waals surface area contributed by atoms with Gasteiger partial charge >= 0.3 is 6.18 Å². The lowest BCUT2D eigenvalue weighted by atomic mass is 9.94. The van der Waals surface area contributed by atoms with Gasteiger partial charge in [-0.15, -0.1) is 0 Å². The number of alkyl halides is 3. The van der Waals surface area contributed by atoms with E-state index in [4.69, 9.17) is 4.74 Å². The Labute approximate surface area is 211 Å². The van der Waals surface area contributed by atoms with Crippen molar-refractivity contribution in [1.29, 1.82) is 0 Å². The number of rotatable bonds is 8. The average Bonchev–Trinajstić information content (AvgIpc) is 2.88. The van der Waals surface area contributed by atoms with Gasteiger partial charge < -0.3 is 15.2 Å². The zero-order valence-corrected chi connectivity index (χ0v) is 19.9. The van der Waals surface area contributed by atoms with E-state index in [0.29, 0.717) is 28.7 Å². The SMILES string of the molecule is COCc1ccc(C(=O)NC(Cc2ccc(C(F)(F)F)cc2)C(O)c2ccc(F)cc2)c2ccccc12. The fourth-order valence-corrected chi connectivity index (χ4v) is 4.30. The molecule has 0 saturated heterocycles. The van der Waals surface area contributed by atoms with Crippen LogP contribution in [0.1, 0.15) is 38.7 Å². The van der Waals surface area contributed by atoms with Gasteiger partial charge in [0, 0.05) is 12.7 Å². The molecule has 0 heterocycles. The van der Waals surface area contributed by atoms with Crippen LogP contribution < -0.4 is 5.32 Å². The zero-order chi connectivity index (χ0) is 26.6. The van der Waals surface area contributed by atoms with E-state index in [-0.39, 0.29) is 6.42 Å². The van der Waals surface area contributed by atoms with Crippen molar-refractivity contribution in [3.63, 3.8) is 0 Å². The lowest BCUT2D eigenvalue weighted by Crippen LogP contribution is -2.41. The second-order valence-electron chi connectivity index (χ2n) is 8.73. The van der Waals surface area contributed by atoms with Gasteiger partial charge in [-0.2, -0.15) is 13.2 Å². The number of fused-ring (bicyclic) bond motifs is 1. The summed E-state index contributed by atoms with van der Waals surface area (Å²) in [5, 5.41) is 15.5. The van der Waals surface area contributed by atoms with E-state index in [1.165, 1.54) is 36.4 Å². The molecule has 0 radical (unpaired) electrons. The Morgan fingerprint density at radius 1 is 0.919 bits per heavy atom. The molecule has 4 rings (SSSR count). The number of hydrogen-bond acceptors (Lipinski definition) is 3. The van der Waals surface area contributed by atoms with Crippen LogP contribution in [0.25, 0.3) is 10.8 Å². The number of aliphatic hydroxyl groups is 1. The highest BCUT2D eigenvalue weighted by atomic mass is 19.4. The van der Waals surface area contributed by atoms with Gasteiger partial charge in [-0.05, 0) is 64.2 Å². The molecule has 0 bridgehead atoms. The van der Waals surface area contributed by atoms with E-state index in [1.54, 1.807) is 19.2 Å². The molecular formula is C29H25F4NO3. The molecule has 0 saturated carbocycles. The maximum Gasteiger partial charge on any atom is 0.416 e. The molecular weight excluding hydrogens is 486 g/mol. The highest BCUT2D eigenvalue weighted by Gasteiger charge is 2.30. The van der Waals surface area contributed by atoms with Crippen LogP contribution in [-0.2, 0) is 23.9 Å². The first kappa shape index (κ1) is 26.3. The number of carbonyl (C=O) groups excluding carboxylic acids is 1. The number of amides is 1. The molecule has 2 atom stereocenters. The second-order valence-corrected chi connectivity index (χ2v) is 8.73. The molecule has 192 valence electrons. The van der Waals surface area contributed by atoms with Crippen LogP contribution >= 0.6 is 0 Å². The van der Waals surface area contributed by atoms with Crippen molar-refractivity contribution in [3.8, 4) is 0 Å². The quantitative estimate of drug-likeness (QED) is 0.276. The lowest BCUT2D eigenvalue weighted by molar-refractivity contribution is -0.137. The number of hydrogen-bond donors (Lipinski definition) is 2. The Hall–Kier alpha value is -3.75. The van der Waals surface area contributed by atoms with Crippen molar-refractivity contribution < 1.29 is 32.2 Å². The largest absolute Gasteiger partial charge is 0.416 e. The maximum absolute atomic E-state index is 13.4. The first-order valence-corrected chi connectivity index (χ1v) is 11.6. The summed E-state index contributed by atoms with van der Waals surface area (Å²) in [6.07, 6.45) is -5.68. The predicted molar refractivity (Wildman–Crippen MR) is 132 cm³/mol. The van der Waals surface area contributed by atoms with Crippen molar-refractivity contribution in [2.45, 2.75) is 31.3 Å². The summed E-state index contributed by atoms with van der Waals surface area (Å²) in [4.78, 5) is 13.4. The highest BCUT2D eigenvalue weighted by molar-refractivity contribution is 6.08. The molecule has 4 aromatic carbocycles. The van der Waals surface area contributed by atoms with Gasteiger partial charge in [-0.25, -0.2) is 4.39 Å². The molecule has 4 nitrogen and oxygen atoms in total. The molecule has 2 N–H and O–H groups in total. The number of nitrogens with one attached hydrogen (secondary N) is 1. The molecule has 0 fully saturated rings. The molecule has 0 aliphatic heterocycles. The second kappa shape index (κ2) is 11.1. The van der Waals surface area contributed by atoms with Crippen molar-refractivity contribution in [2.75, 3.05) is 7.11 Å². The fourth-order valence-electron chi connectivity index (χ4n) is 4.30. The monoisotopic (exact) mass is 511 g/mol. The standard InChI is InChI=1S/C29H25F4NO3/c1-37-17-20-10-15-25(24-5-3-2-4-23(20)24)28(36)34-26(27(35)19-8-13-22(30)14-9-19)16-18-6-11-21(12-7-18)29(31,32)33/h2-15,26-27,35H,16-17H2,1H3,(H,34,36). The minimum atomic E-state index is -4.48. The molecule has 2 unspecified atom stereocenters. The van der Waals surface area contributed by atoms with Gasteiger partial charge in [-0.3, -0.25) is 4.79 Å². The molecule has 0 aliphatic rings. The highest BCUT2D eigenvalue weighted by Crippen LogP contribution is 2.30. The minimum absolute atomic E-state index is 0.0438. The van der Waals surface area contributed by atoms with Gasteiger partial charge in [0.2, 0.25) is 0 Å². The molecule has 0 aliphatic carbocycles. The first-order valence-electron chi connectivity index (χ1n) is 11.6. The number of methoxy groups -OCH3 is 1. The molecule has 1 amide bonds. The molecule has 8 heteroatoms.